The van der Waals surface area contributed by atoms with Gasteiger partial charge in [0.2, 0.25) is 0 Å². The number of anilines is 1. The number of para-hydroxylation sites is 2. The van der Waals surface area contributed by atoms with E-state index < -0.39 is 6.17 Å². The Bertz CT molecular complexity index is 1270. The smallest absolute Gasteiger partial charge is 0.254 e. The van der Waals surface area contributed by atoms with E-state index in [1.165, 1.54) is 0 Å². The maximum atomic E-state index is 13.5. The van der Waals surface area contributed by atoms with E-state index in [1.807, 2.05) is 65.7 Å². The molecule has 3 aromatic rings. The number of hydrogen-bond acceptors (Lipinski definition) is 4. The minimum Gasteiger partial charge on any atom is -0.355 e. The molecule has 0 bridgehead atoms. The molecule has 3 atom stereocenters. The average Bonchev–Trinajstić information content (AvgIpc) is 3.44. The molecule has 1 aliphatic carbocycles. The number of amides is 1. The molecule has 5 nitrogen and oxygen atoms in total. The molecule has 2 aromatic carbocycles. The molecule has 3 aliphatic rings. The molecule has 6 heteroatoms. The zero-order valence-corrected chi connectivity index (χ0v) is 18.3. The number of aromatic nitrogens is 2. The van der Waals surface area contributed by atoms with Gasteiger partial charge in [-0.2, -0.15) is 0 Å². The van der Waals surface area contributed by atoms with Gasteiger partial charge in [0, 0.05) is 50.0 Å². The van der Waals surface area contributed by atoms with Crippen LogP contribution in [0.2, 0.25) is 0 Å². The number of hydrogen-bond donors (Lipinski definition) is 0. The highest BCUT2D eigenvalue weighted by molar-refractivity contribution is 6.00. The lowest BCUT2D eigenvalue weighted by Crippen LogP contribution is -2.34. The highest BCUT2D eigenvalue weighted by atomic mass is 19.1. The number of allylic oxidation sites excluding steroid dienone is 4. The maximum absolute atomic E-state index is 13.5. The zero-order valence-electron chi connectivity index (χ0n) is 18.3. The highest BCUT2D eigenvalue weighted by Gasteiger charge is 2.42. The number of nitrogens with zero attached hydrogens (tertiary/aromatic N) is 4. The summed E-state index contributed by atoms with van der Waals surface area (Å²) in [6, 6.07) is 15.6. The van der Waals surface area contributed by atoms with Crippen LogP contribution in [-0.4, -0.2) is 53.1 Å². The summed E-state index contributed by atoms with van der Waals surface area (Å²) in [6.07, 6.45) is 6.52. The quantitative estimate of drug-likeness (QED) is 0.601. The van der Waals surface area contributed by atoms with Crippen molar-refractivity contribution in [2.24, 2.45) is 11.8 Å². The van der Waals surface area contributed by atoms with Gasteiger partial charge in [0.25, 0.3) is 5.91 Å². The Morgan fingerprint density at radius 3 is 2.42 bits per heavy atom. The SMILES string of the molecule is O=C(c1ccccc1C1=CCC(F)C=C1)N1CC2CN(c3cnc4ccccc4n3)CC2C1. The van der Waals surface area contributed by atoms with E-state index in [0.717, 1.165) is 54.2 Å². The molecule has 6 rings (SSSR count). The summed E-state index contributed by atoms with van der Waals surface area (Å²) in [5, 5.41) is 0. The third-order valence-electron chi connectivity index (χ3n) is 7.05. The van der Waals surface area contributed by atoms with E-state index in [4.69, 9.17) is 4.98 Å². The summed E-state index contributed by atoms with van der Waals surface area (Å²) in [7, 11) is 0. The van der Waals surface area contributed by atoms with Crippen molar-refractivity contribution in [1.29, 1.82) is 0 Å². The number of likely N-dealkylation sites (tertiary alicyclic amines) is 1. The Kier molecular flexibility index (Phi) is 4.93. The number of carbonyl (C=O) groups excluding carboxylic acids is 1. The Labute approximate surface area is 192 Å². The second-order valence-electron chi connectivity index (χ2n) is 9.17. The lowest BCUT2D eigenvalue weighted by Gasteiger charge is -2.23. The summed E-state index contributed by atoms with van der Waals surface area (Å²) < 4.78 is 13.5. The monoisotopic (exact) mass is 440 g/mol. The van der Waals surface area contributed by atoms with Crippen molar-refractivity contribution in [3.63, 3.8) is 0 Å². The molecule has 166 valence electrons. The fourth-order valence-electron chi connectivity index (χ4n) is 5.33. The summed E-state index contributed by atoms with van der Waals surface area (Å²) in [5.74, 6) is 1.83. The van der Waals surface area contributed by atoms with Crippen LogP contribution in [0.1, 0.15) is 22.3 Å². The van der Waals surface area contributed by atoms with Crippen LogP contribution in [0.3, 0.4) is 0 Å². The maximum Gasteiger partial charge on any atom is 0.254 e. The number of benzene rings is 2. The van der Waals surface area contributed by atoms with Crippen LogP contribution < -0.4 is 4.90 Å². The lowest BCUT2D eigenvalue weighted by molar-refractivity contribution is 0.0782. The molecular formula is C27H25FN4O. The first-order valence-corrected chi connectivity index (χ1v) is 11.5. The predicted molar refractivity (Wildman–Crippen MR) is 128 cm³/mol. The van der Waals surface area contributed by atoms with Crippen LogP contribution in [0.5, 0.6) is 0 Å². The van der Waals surface area contributed by atoms with Gasteiger partial charge >= 0.3 is 0 Å². The topological polar surface area (TPSA) is 49.3 Å². The third kappa shape index (κ3) is 3.69. The summed E-state index contributed by atoms with van der Waals surface area (Å²) in [5.41, 5.74) is 4.32. The fourth-order valence-corrected chi connectivity index (χ4v) is 5.33. The normalized spacial score (nSPS) is 24.3. The van der Waals surface area contributed by atoms with Crippen LogP contribution in [0.15, 0.2) is 73.0 Å². The van der Waals surface area contributed by atoms with E-state index in [0.29, 0.717) is 23.8 Å². The molecule has 0 saturated carbocycles. The van der Waals surface area contributed by atoms with Crippen LogP contribution in [-0.2, 0) is 0 Å². The molecule has 1 amide bonds. The number of fused-ring (bicyclic) bond motifs is 2. The van der Waals surface area contributed by atoms with E-state index in [1.54, 1.807) is 12.2 Å². The van der Waals surface area contributed by atoms with Crippen molar-refractivity contribution in [3.05, 3.63) is 84.1 Å². The molecule has 3 unspecified atom stereocenters. The number of alkyl halides is 1. The third-order valence-corrected chi connectivity index (χ3v) is 7.05. The van der Waals surface area contributed by atoms with Crippen molar-refractivity contribution in [3.8, 4) is 0 Å². The van der Waals surface area contributed by atoms with Gasteiger partial charge < -0.3 is 9.80 Å². The van der Waals surface area contributed by atoms with Crippen LogP contribution >= 0.6 is 0 Å². The van der Waals surface area contributed by atoms with Crippen molar-refractivity contribution in [1.82, 2.24) is 14.9 Å². The second-order valence-corrected chi connectivity index (χ2v) is 9.17. The molecule has 3 heterocycles. The van der Waals surface area contributed by atoms with Crippen LogP contribution in [0.25, 0.3) is 16.6 Å². The highest BCUT2D eigenvalue weighted by Crippen LogP contribution is 2.35. The zero-order chi connectivity index (χ0) is 22.4. The molecule has 2 saturated heterocycles. The molecule has 0 spiro atoms. The van der Waals surface area contributed by atoms with E-state index >= 15 is 0 Å². The minimum absolute atomic E-state index is 0.0636. The van der Waals surface area contributed by atoms with E-state index in [-0.39, 0.29) is 5.91 Å². The van der Waals surface area contributed by atoms with Crippen molar-refractivity contribution >= 4 is 28.3 Å². The van der Waals surface area contributed by atoms with Gasteiger partial charge in [0.05, 0.1) is 17.2 Å². The standard InChI is InChI=1S/C27H25FN4O/c28-21-11-9-18(10-12-21)22-5-1-2-6-23(22)27(33)32-16-19-14-31(15-20(19)17-32)26-13-29-24-7-3-4-8-25(24)30-26/h1-11,13,19-21H,12,14-17H2. The molecule has 2 fully saturated rings. The van der Waals surface area contributed by atoms with Crippen LogP contribution in [0.4, 0.5) is 10.2 Å². The largest absolute Gasteiger partial charge is 0.355 e. The van der Waals surface area contributed by atoms with Crippen molar-refractivity contribution < 1.29 is 9.18 Å². The number of rotatable bonds is 3. The number of halogens is 1. The lowest BCUT2D eigenvalue weighted by atomic mass is 9.94. The minimum atomic E-state index is -0.940. The molecule has 33 heavy (non-hydrogen) atoms. The average molecular weight is 441 g/mol. The van der Waals surface area contributed by atoms with Gasteiger partial charge in [-0.3, -0.25) is 9.78 Å². The van der Waals surface area contributed by atoms with Gasteiger partial charge in [-0.05, 0) is 35.4 Å². The van der Waals surface area contributed by atoms with Crippen molar-refractivity contribution in [2.45, 2.75) is 12.6 Å². The van der Waals surface area contributed by atoms with Gasteiger partial charge in [-0.25, -0.2) is 9.37 Å². The first kappa shape index (κ1) is 20.1. The predicted octanol–water partition coefficient (Wildman–Crippen LogP) is 4.52. The Balaban J connectivity index is 1.17. The molecule has 0 radical (unpaired) electrons. The van der Waals surface area contributed by atoms with E-state index in [2.05, 4.69) is 9.88 Å². The Morgan fingerprint density at radius 1 is 0.939 bits per heavy atom. The molecule has 0 N–H and O–H groups in total. The van der Waals surface area contributed by atoms with Gasteiger partial charge in [-0.1, -0.05) is 42.5 Å². The van der Waals surface area contributed by atoms with Gasteiger partial charge in [0.15, 0.2) is 0 Å². The summed E-state index contributed by atoms with van der Waals surface area (Å²) in [6.45, 7) is 3.26. The van der Waals surface area contributed by atoms with Gasteiger partial charge in [-0.15, -0.1) is 0 Å². The molecule has 1 aromatic heterocycles. The van der Waals surface area contributed by atoms with Crippen LogP contribution in [0, 0.1) is 11.8 Å². The summed E-state index contributed by atoms with van der Waals surface area (Å²) in [4.78, 5) is 27.1. The second kappa shape index (κ2) is 8.10. The fraction of sp³-hybridized carbons (Fsp3) is 0.296. The first-order valence-electron chi connectivity index (χ1n) is 11.5. The van der Waals surface area contributed by atoms with E-state index in [9.17, 15) is 9.18 Å². The Morgan fingerprint density at radius 2 is 1.67 bits per heavy atom. The first-order chi connectivity index (χ1) is 16.2. The van der Waals surface area contributed by atoms with Gasteiger partial charge in [0.1, 0.15) is 12.0 Å². The Hall–Kier alpha value is -3.54. The molecule has 2 aliphatic heterocycles. The number of carbonyl (C=O) groups is 1. The molecular weight excluding hydrogens is 415 g/mol. The summed E-state index contributed by atoms with van der Waals surface area (Å²) >= 11 is 0. The van der Waals surface area contributed by atoms with Crippen molar-refractivity contribution in [2.75, 3.05) is 31.1 Å².